The predicted octanol–water partition coefficient (Wildman–Crippen LogP) is 1.57. The Morgan fingerprint density at radius 1 is 1.41 bits per heavy atom. The van der Waals surface area contributed by atoms with Gasteiger partial charge in [0, 0.05) is 10.1 Å². The summed E-state index contributed by atoms with van der Waals surface area (Å²) in [6.07, 6.45) is 0. The number of hydrogen-bond acceptors (Lipinski definition) is 5. The molecule has 0 spiro atoms. The van der Waals surface area contributed by atoms with Gasteiger partial charge in [0.25, 0.3) is 0 Å². The molecule has 0 aliphatic rings. The Balaban J connectivity index is 2.04. The van der Waals surface area contributed by atoms with Crippen LogP contribution in [0.2, 0.25) is 0 Å². The Morgan fingerprint density at radius 3 is 2.73 bits per heavy atom. The minimum Gasteiger partial charge on any atom is -0.490 e. The number of sulfonamides is 1. The van der Waals surface area contributed by atoms with Gasteiger partial charge in [-0.1, -0.05) is 0 Å². The fraction of sp³-hybridized carbons (Fsp3) is 0.300. The van der Waals surface area contributed by atoms with Crippen molar-refractivity contribution in [2.24, 2.45) is 0 Å². The highest BCUT2D eigenvalue weighted by molar-refractivity contribution is 14.1. The van der Waals surface area contributed by atoms with E-state index in [9.17, 15) is 21.6 Å². The van der Waals surface area contributed by atoms with Crippen molar-refractivity contribution in [1.82, 2.24) is 14.9 Å². The predicted molar refractivity (Wildman–Crippen MR) is 81.7 cm³/mol. The van der Waals surface area contributed by atoms with E-state index in [4.69, 9.17) is 10.5 Å². The Morgan fingerprint density at radius 2 is 2.09 bits per heavy atom. The van der Waals surface area contributed by atoms with Gasteiger partial charge in [-0.25, -0.2) is 13.1 Å². The van der Waals surface area contributed by atoms with E-state index in [0.29, 0.717) is 16.7 Å². The Hall–Kier alpha value is -1.28. The molecular weight excluding hydrogens is 440 g/mol. The topological polar surface area (TPSA) is 110 Å². The van der Waals surface area contributed by atoms with Gasteiger partial charge in [0.1, 0.15) is 17.9 Å². The average molecular weight is 450 g/mol. The molecule has 22 heavy (non-hydrogen) atoms. The van der Waals surface area contributed by atoms with Crippen LogP contribution in [-0.2, 0) is 10.0 Å². The van der Waals surface area contributed by atoms with E-state index in [0.717, 1.165) is 3.57 Å². The molecule has 4 N–H and O–H groups in total. The fourth-order valence-corrected chi connectivity index (χ4v) is 2.87. The number of nitrogen functional groups attached to an aromatic ring is 1. The summed E-state index contributed by atoms with van der Waals surface area (Å²) in [6.45, 7) is -0.817. The van der Waals surface area contributed by atoms with E-state index >= 15 is 0 Å². The number of anilines is 1. The summed E-state index contributed by atoms with van der Waals surface area (Å²) in [5.41, 5.74) is 0.829. The number of fused-ring (bicyclic) bond motifs is 1. The van der Waals surface area contributed by atoms with Crippen LogP contribution in [0.4, 0.5) is 19.0 Å². The first-order valence-electron chi connectivity index (χ1n) is 5.74. The summed E-state index contributed by atoms with van der Waals surface area (Å²) in [5, 5.41) is 7.11. The van der Waals surface area contributed by atoms with Crippen LogP contribution in [0.5, 0.6) is 5.75 Å². The molecule has 12 heteroatoms. The highest BCUT2D eigenvalue weighted by Gasteiger charge is 2.45. The maximum Gasteiger partial charge on any atom is 0.511 e. The number of aromatic amines is 1. The van der Waals surface area contributed by atoms with Crippen LogP contribution in [-0.4, -0.2) is 37.3 Å². The van der Waals surface area contributed by atoms with Gasteiger partial charge in [-0.15, -0.1) is 0 Å². The van der Waals surface area contributed by atoms with E-state index in [-0.39, 0.29) is 12.4 Å². The Bertz CT molecular complexity index is 791. The molecule has 1 aromatic carbocycles. The third kappa shape index (κ3) is 3.38. The quantitative estimate of drug-likeness (QED) is 0.474. The van der Waals surface area contributed by atoms with Gasteiger partial charge in [-0.3, -0.25) is 5.10 Å². The van der Waals surface area contributed by atoms with Gasteiger partial charge < -0.3 is 10.5 Å². The first-order valence-corrected chi connectivity index (χ1v) is 8.30. The smallest absolute Gasteiger partial charge is 0.490 e. The second kappa shape index (κ2) is 6.08. The summed E-state index contributed by atoms with van der Waals surface area (Å²) in [5.74, 6) is 0.577. The summed E-state index contributed by atoms with van der Waals surface area (Å²) in [6, 6.07) is 3.28. The molecule has 0 saturated carbocycles. The van der Waals surface area contributed by atoms with Gasteiger partial charge in [0.15, 0.2) is 5.82 Å². The average Bonchev–Trinajstić information content (AvgIpc) is 2.79. The van der Waals surface area contributed by atoms with Crippen molar-refractivity contribution in [1.29, 1.82) is 0 Å². The van der Waals surface area contributed by atoms with E-state index in [1.807, 2.05) is 22.6 Å². The maximum atomic E-state index is 12.1. The third-order valence-corrected chi connectivity index (χ3v) is 4.71. The lowest BCUT2D eigenvalue weighted by Gasteiger charge is -2.11. The van der Waals surface area contributed by atoms with Crippen LogP contribution in [0.3, 0.4) is 0 Å². The van der Waals surface area contributed by atoms with Crippen LogP contribution in [0.1, 0.15) is 0 Å². The highest BCUT2D eigenvalue weighted by Crippen LogP contribution is 2.31. The molecule has 0 amide bonds. The number of hydrogen-bond donors (Lipinski definition) is 3. The lowest BCUT2D eigenvalue weighted by molar-refractivity contribution is -0.0448. The summed E-state index contributed by atoms with van der Waals surface area (Å²) >= 11 is 2.05. The minimum absolute atomic E-state index is 0.266. The Labute approximate surface area is 136 Å². The number of nitrogens with zero attached hydrogens (tertiary/aromatic N) is 1. The van der Waals surface area contributed by atoms with Gasteiger partial charge >= 0.3 is 15.5 Å². The standard InChI is InChI=1S/C10H10F3IN4O3S/c11-10(12,13)22(19,20)16-3-4-21-6-2-1-5(14)7-8(6)17-18-9(7)15/h1-2,16H,3-4H2,(H3,15,17,18). The normalized spacial score (nSPS) is 12.7. The molecule has 0 aliphatic carbocycles. The molecule has 2 rings (SSSR count). The van der Waals surface area contributed by atoms with Crippen molar-refractivity contribution < 1.29 is 26.3 Å². The molecule has 0 saturated heterocycles. The first-order chi connectivity index (χ1) is 10.1. The van der Waals surface area contributed by atoms with E-state index in [1.54, 1.807) is 12.1 Å². The summed E-state index contributed by atoms with van der Waals surface area (Å²) in [4.78, 5) is 0. The molecular formula is C10H10F3IN4O3S. The number of H-pyrrole nitrogens is 1. The van der Waals surface area contributed by atoms with Crippen molar-refractivity contribution in [2.45, 2.75) is 5.51 Å². The van der Waals surface area contributed by atoms with Crippen molar-refractivity contribution in [3.05, 3.63) is 15.7 Å². The van der Waals surface area contributed by atoms with E-state index in [1.165, 1.54) is 4.72 Å². The third-order valence-electron chi connectivity index (χ3n) is 2.62. The number of alkyl halides is 3. The highest BCUT2D eigenvalue weighted by atomic mass is 127. The van der Waals surface area contributed by atoms with Crippen LogP contribution in [0.15, 0.2) is 12.1 Å². The van der Waals surface area contributed by atoms with Crippen LogP contribution < -0.4 is 15.2 Å². The SMILES string of the molecule is Nc1n[nH]c2c(OCCNS(=O)(=O)C(F)(F)F)ccc(I)c12. The van der Waals surface area contributed by atoms with E-state index < -0.39 is 22.1 Å². The number of halogens is 4. The molecule has 0 aliphatic heterocycles. The fourth-order valence-electron chi connectivity index (χ4n) is 1.63. The monoisotopic (exact) mass is 450 g/mol. The van der Waals surface area contributed by atoms with Crippen molar-refractivity contribution in [3.8, 4) is 5.75 Å². The molecule has 0 fully saturated rings. The van der Waals surface area contributed by atoms with Gasteiger partial charge in [0.05, 0.1) is 5.39 Å². The zero-order chi connectivity index (χ0) is 16.5. The first kappa shape index (κ1) is 17.1. The molecule has 0 bridgehead atoms. The number of nitrogens with two attached hydrogens (primary N) is 1. The zero-order valence-electron chi connectivity index (χ0n) is 10.7. The molecule has 7 nitrogen and oxygen atoms in total. The molecule has 0 atom stereocenters. The van der Waals surface area contributed by atoms with Crippen molar-refractivity contribution >= 4 is 49.3 Å². The second-order valence-corrected chi connectivity index (χ2v) is 7.02. The van der Waals surface area contributed by atoms with Crippen molar-refractivity contribution in [2.75, 3.05) is 18.9 Å². The number of aromatic nitrogens is 2. The van der Waals surface area contributed by atoms with Crippen molar-refractivity contribution in [3.63, 3.8) is 0 Å². The lowest BCUT2D eigenvalue weighted by atomic mass is 10.2. The van der Waals surface area contributed by atoms with Crippen LogP contribution >= 0.6 is 22.6 Å². The number of rotatable bonds is 5. The van der Waals surface area contributed by atoms with E-state index in [2.05, 4.69) is 10.2 Å². The molecule has 122 valence electrons. The summed E-state index contributed by atoms with van der Waals surface area (Å²) < 4.78 is 65.5. The molecule has 2 aromatic rings. The molecule has 1 heterocycles. The lowest BCUT2D eigenvalue weighted by Crippen LogP contribution is -2.38. The Kier molecular flexibility index (Phi) is 4.72. The van der Waals surface area contributed by atoms with Crippen LogP contribution in [0, 0.1) is 3.57 Å². The molecule has 0 radical (unpaired) electrons. The molecule has 0 unspecified atom stereocenters. The second-order valence-electron chi connectivity index (χ2n) is 4.10. The van der Waals surface area contributed by atoms with Crippen LogP contribution in [0.25, 0.3) is 10.9 Å². The minimum atomic E-state index is -5.37. The number of ether oxygens (including phenoxy) is 1. The zero-order valence-corrected chi connectivity index (χ0v) is 13.7. The maximum absolute atomic E-state index is 12.1. The van der Waals surface area contributed by atoms with Gasteiger partial charge in [-0.2, -0.15) is 18.3 Å². The van der Waals surface area contributed by atoms with Gasteiger partial charge in [0.2, 0.25) is 0 Å². The number of nitrogens with one attached hydrogen (secondary N) is 2. The summed E-state index contributed by atoms with van der Waals surface area (Å²) in [7, 11) is -5.37. The van der Waals surface area contributed by atoms with Gasteiger partial charge in [-0.05, 0) is 34.7 Å². The molecule has 1 aromatic heterocycles. The largest absolute Gasteiger partial charge is 0.511 e. The number of benzene rings is 1.